The van der Waals surface area contributed by atoms with Gasteiger partial charge in [-0.2, -0.15) is 16.3 Å². The minimum absolute atomic E-state index is 0.445. The molecule has 0 aliphatic carbocycles. The molecular formula is C16H12N4O3S2. The molecule has 3 heterocycles. The summed E-state index contributed by atoms with van der Waals surface area (Å²) in [5.74, 6) is 2.78. The molecule has 0 fully saturated rings. The van der Waals surface area contributed by atoms with E-state index in [-0.39, 0.29) is 0 Å². The van der Waals surface area contributed by atoms with E-state index in [1.807, 2.05) is 41.1 Å². The third-order valence-electron chi connectivity index (χ3n) is 3.31. The highest BCUT2D eigenvalue weighted by Gasteiger charge is 2.13. The molecule has 7 nitrogen and oxygen atoms in total. The monoisotopic (exact) mass is 372 g/mol. The molecular weight excluding hydrogens is 360 g/mol. The fourth-order valence-electron chi connectivity index (χ4n) is 2.06. The second-order valence-corrected chi connectivity index (χ2v) is 6.62. The van der Waals surface area contributed by atoms with Crippen LogP contribution in [-0.2, 0) is 5.75 Å². The van der Waals surface area contributed by atoms with E-state index >= 15 is 0 Å². The second kappa shape index (κ2) is 7.08. The smallest absolute Gasteiger partial charge is 0.277 e. The Kier molecular flexibility index (Phi) is 4.49. The average Bonchev–Trinajstić information content (AvgIpc) is 3.41. The molecule has 0 spiro atoms. The Morgan fingerprint density at radius 1 is 1.12 bits per heavy atom. The van der Waals surface area contributed by atoms with Gasteiger partial charge in [-0.3, -0.25) is 0 Å². The van der Waals surface area contributed by atoms with Crippen LogP contribution in [0.25, 0.3) is 22.8 Å². The van der Waals surface area contributed by atoms with Crippen LogP contribution in [0, 0.1) is 0 Å². The SMILES string of the molecule is COc1ccc(-c2nnc(SCc3nc(-c4ccsc4)no3)o2)cc1. The van der Waals surface area contributed by atoms with Crippen molar-refractivity contribution in [2.45, 2.75) is 11.0 Å². The minimum atomic E-state index is 0.445. The number of benzene rings is 1. The molecule has 3 aromatic heterocycles. The zero-order chi connectivity index (χ0) is 17.1. The minimum Gasteiger partial charge on any atom is -0.497 e. The van der Waals surface area contributed by atoms with Crippen LogP contribution >= 0.6 is 23.1 Å². The summed E-state index contributed by atoms with van der Waals surface area (Å²) >= 11 is 2.94. The van der Waals surface area contributed by atoms with Gasteiger partial charge in [-0.15, -0.1) is 10.2 Å². The summed E-state index contributed by atoms with van der Waals surface area (Å²) in [5.41, 5.74) is 1.78. The third kappa shape index (κ3) is 3.57. The van der Waals surface area contributed by atoms with E-state index in [1.54, 1.807) is 18.4 Å². The highest BCUT2D eigenvalue weighted by molar-refractivity contribution is 7.98. The molecule has 0 unspecified atom stereocenters. The van der Waals surface area contributed by atoms with Gasteiger partial charge in [-0.05, 0) is 35.7 Å². The number of aromatic nitrogens is 4. The standard InChI is InChI=1S/C16H12N4O3S2/c1-21-12-4-2-10(3-5-12)15-18-19-16(22-15)25-9-13-17-14(20-23-13)11-6-7-24-8-11/h2-8H,9H2,1H3. The van der Waals surface area contributed by atoms with Gasteiger partial charge in [0.05, 0.1) is 12.9 Å². The summed E-state index contributed by atoms with van der Waals surface area (Å²) < 4.78 is 16.0. The first-order valence-electron chi connectivity index (χ1n) is 7.28. The van der Waals surface area contributed by atoms with E-state index < -0.39 is 0 Å². The van der Waals surface area contributed by atoms with Crippen molar-refractivity contribution in [2.75, 3.05) is 7.11 Å². The first-order valence-corrected chi connectivity index (χ1v) is 9.20. The first-order chi connectivity index (χ1) is 12.3. The van der Waals surface area contributed by atoms with Crippen molar-refractivity contribution in [1.29, 1.82) is 0 Å². The molecule has 25 heavy (non-hydrogen) atoms. The lowest BCUT2D eigenvalue weighted by atomic mass is 10.2. The van der Waals surface area contributed by atoms with Gasteiger partial charge in [0.1, 0.15) is 5.75 Å². The molecule has 0 aliphatic rings. The Hall–Kier alpha value is -2.65. The molecule has 4 rings (SSSR count). The highest BCUT2D eigenvalue weighted by atomic mass is 32.2. The van der Waals surface area contributed by atoms with Crippen molar-refractivity contribution >= 4 is 23.1 Å². The number of ether oxygens (including phenoxy) is 1. The lowest BCUT2D eigenvalue weighted by Gasteiger charge is -1.99. The van der Waals surface area contributed by atoms with Crippen molar-refractivity contribution in [3.05, 3.63) is 47.0 Å². The van der Waals surface area contributed by atoms with Gasteiger partial charge in [0.15, 0.2) is 0 Å². The van der Waals surface area contributed by atoms with E-state index in [1.165, 1.54) is 11.8 Å². The van der Waals surface area contributed by atoms with Gasteiger partial charge in [-0.25, -0.2) is 0 Å². The van der Waals surface area contributed by atoms with Crippen LogP contribution < -0.4 is 4.74 Å². The van der Waals surface area contributed by atoms with Gasteiger partial charge >= 0.3 is 0 Å². The molecule has 0 radical (unpaired) electrons. The molecule has 0 N–H and O–H groups in total. The van der Waals surface area contributed by atoms with E-state index in [0.29, 0.717) is 28.6 Å². The highest BCUT2D eigenvalue weighted by Crippen LogP contribution is 2.27. The van der Waals surface area contributed by atoms with Gasteiger partial charge in [0, 0.05) is 16.5 Å². The van der Waals surface area contributed by atoms with E-state index in [4.69, 9.17) is 13.7 Å². The van der Waals surface area contributed by atoms with Crippen molar-refractivity contribution in [2.24, 2.45) is 0 Å². The van der Waals surface area contributed by atoms with E-state index in [0.717, 1.165) is 16.9 Å². The summed E-state index contributed by atoms with van der Waals surface area (Å²) in [7, 11) is 1.62. The lowest BCUT2D eigenvalue weighted by Crippen LogP contribution is -1.82. The predicted octanol–water partition coefficient (Wildman–Crippen LogP) is 4.15. The van der Waals surface area contributed by atoms with Crippen LogP contribution in [0.1, 0.15) is 5.89 Å². The summed E-state index contributed by atoms with van der Waals surface area (Å²) in [6.45, 7) is 0. The van der Waals surface area contributed by atoms with Gasteiger partial charge in [0.25, 0.3) is 5.22 Å². The first kappa shape index (κ1) is 15.9. The molecule has 0 atom stereocenters. The van der Waals surface area contributed by atoms with Crippen molar-refractivity contribution in [3.63, 3.8) is 0 Å². The molecule has 9 heteroatoms. The Bertz CT molecular complexity index is 948. The third-order valence-corrected chi connectivity index (χ3v) is 4.80. The van der Waals surface area contributed by atoms with Crippen LogP contribution in [0.4, 0.5) is 0 Å². The number of hydrogen-bond acceptors (Lipinski definition) is 9. The normalized spacial score (nSPS) is 10.9. The lowest BCUT2D eigenvalue weighted by molar-refractivity contribution is 0.391. The molecule has 0 saturated carbocycles. The number of thioether (sulfide) groups is 1. The summed E-state index contributed by atoms with van der Waals surface area (Å²) in [6.07, 6.45) is 0. The van der Waals surface area contributed by atoms with Crippen LogP contribution in [0.3, 0.4) is 0 Å². The Labute approximate surface area is 151 Å². The maximum Gasteiger partial charge on any atom is 0.277 e. The fraction of sp³-hybridized carbons (Fsp3) is 0.125. The van der Waals surface area contributed by atoms with Gasteiger partial charge in [-0.1, -0.05) is 16.9 Å². The van der Waals surface area contributed by atoms with Crippen LogP contribution in [0.15, 0.2) is 55.3 Å². The second-order valence-electron chi connectivity index (χ2n) is 4.91. The summed E-state index contributed by atoms with van der Waals surface area (Å²) in [6, 6.07) is 9.37. The van der Waals surface area contributed by atoms with Crippen LogP contribution in [-0.4, -0.2) is 27.4 Å². The van der Waals surface area contributed by atoms with E-state index in [2.05, 4.69) is 20.3 Å². The molecule has 126 valence electrons. The van der Waals surface area contributed by atoms with Crippen LogP contribution in [0.2, 0.25) is 0 Å². The molecule has 0 amide bonds. The number of methoxy groups -OCH3 is 1. The zero-order valence-electron chi connectivity index (χ0n) is 13.1. The van der Waals surface area contributed by atoms with Crippen LogP contribution in [0.5, 0.6) is 5.75 Å². The molecule has 0 bridgehead atoms. The molecule has 1 aromatic carbocycles. The predicted molar refractivity (Wildman–Crippen MR) is 93.5 cm³/mol. The summed E-state index contributed by atoms with van der Waals surface area (Å²) in [4.78, 5) is 4.36. The van der Waals surface area contributed by atoms with Crippen molar-refractivity contribution in [3.8, 4) is 28.6 Å². The number of nitrogens with zero attached hydrogens (tertiary/aromatic N) is 4. The topological polar surface area (TPSA) is 87.1 Å². The number of thiophene rings is 1. The Balaban J connectivity index is 1.41. The summed E-state index contributed by atoms with van der Waals surface area (Å²) in [5, 5.41) is 16.4. The van der Waals surface area contributed by atoms with Gasteiger partial charge in [0.2, 0.25) is 17.6 Å². The maximum atomic E-state index is 5.66. The quantitative estimate of drug-likeness (QED) is 0.467. The molecule has 4 aromatic rings. The average molecular weight is 372 g/mol. The Morgan fingerprint density at radius 2 is 2.00 bits per heavy atom. The fourth-order valence-corrected chi connectivity index (χ4v) is 3.30. The molecule has 0 aliphatic heterocycles. The zero-order valence-corrected chi connectivity index (χ0v) is 14.7. The number of rotatable bonds is 6. The van der Waals surface area contributed by atoms with Crippen molar-refractivity contribution in [1.82, 2.24) is 20.3 Å². The maximum absolute atomic E-state index is 5.66. The largest absolute Gasteiger partial charge is 0.497 e. The van der Waals surface area contributed by atoms with Crippen molar-refractivity contribution < 1.29 is 13.7 Å². The molecule has 0 saturated heterocycles. The van der Waals surface area contributed by atoms with E-state index in [9.17, 15) is 0 Å². The Morgan fingerprint density at radius 3 is 2.76 bits per heavy atom. The number of hydrogen-bond donors (Lipinski definition) is 0. The van der Waals surface area contributed by atoms with Gasteiger partial charge < -0.3 is 13.7 Å².